The molecule has 0 aliphatic carbocycles. The largest absolute Gasteiger partial charge is 0.465 e. The SMILES string of the molecule is COC(=O)c1cc(N)cc(Cl)c1NCC(F)(F)F. The van der Waals surface area contributed by atoms with E-state index in [1.54, 1.807) is 0 Å². The Labute approximate surface area is 106 Å². The average Bonchev–Trinajstić information content (AvgIpc) is 2.24. The second-order valence-corrected chi connectivity index (χ2v) is 3.79. The summed E-state index contributed by atoms with van der Waals surface area (Å²) in [6, 6.07) is 2.43. The summed E-state index contributed by atoms with van der Waals surface area (Å²) in [6.07, 6.45) is -4.43. The Morgan fingerprint density at radius 1 is 1.50 bits per heavy atom. The number of halogens is 4. The number of nitrogens with one attached hydrogen (secondary N) is 1. The highest BCUT2D eigenvalue weighted by Crippen LogP contribution is 2.30. The van der Waals surface area contributed by atoms with Gasteiger partial charge < -0.3 is 15.8 Å². The molecule has 0 amide bonds. The molecule has 1 aromatic rings. The predicted octanol–water partition coefficient (Wildman–Crippen LogP) is 2.68. The lowest BCUT2D eigenvalue weighted by Gasteiger charge is -2.14. The Balaban J connectivity index is 3.12. The molecule has 0 spiro atoms. The maximum absolute atomic E-state index is 12.1. The van der Waals surface area contributed by atoms with E-state index in [1.807, 2.05) is 0 Å². The van der Waals surface area contributed by atoms with Gasteiger partial charge in [0.25, 0.3) is 0 Å². The summed E-state index contributed by atoms with van der Waals surface area (Å²) in [5, 5.41) is 1.97. The molecule has 0 saturated carbocycles. The van der Waals surface area contributed by atoms with E-state index in [9.17, 15) is 18.0 Å². The lowest BCUT2D eigenvalue weighted by molar-refractivity contribution is -0.115. The van der Waals surface area contributed by atoms with E-state index < -0.39 is 18.7 Å². The predicted molar refractivity (Wildman–Crippen MR) is 61.7 cm³/mol. The molecule has 4 nitrogen and oxygen atoms in total. The molecule has 0 saturated heterocycles. The molecule has 0 unspecified atom stereocenters. The van der Waals surface area contributed by atoms with E-state index in [0.717, 1.165) is 7.11 Å². The van der Waals surface area contributed by atoms with Crippen LogP contribution in [0.25, 0.3) is 0 Å². The van der Waals surface area contributed by atoms with Crippen LogP contribution in [0.5, 0.6) is 0 Å². The number of nitrogens with two attached hydrogens (primary N) is 1. The van der Waals surface area contributed by atoms with Crippen molar-refractivity contribution in [1.29, 1.82) is 0 Å². The number of benzene rings is 1. The fourth-order valence-electron chi connectivity index (χ4n) is 1.27. The number of rotatable bonds is 3. The molecule has 0 radical (unpaired) electrons. The zero-order chi connectivity index (χ0) is 13.9. The molecule has 0 aliphatic heterocycles. The van der Waals surface area contributed by atoms with Crippen molar-refractivity contribution in [3.63, 3.8) is 0 Å². The lowest BCUT2D eigenvalue weighted by Crippen LogP contribution is -2.23. The molecule has 1 rings (SSSR count). The number of hydrogen-bond acceptors (Lipinski definition) is 4. The highest BCUT2D eigenvalue weighted by molar-refractivity contribution is 6.34. The third-order valence-electron chi connectivity index (χ3n) is 1.98. The minimum atomic E-state index is -4.43. The first-order chi connectivity index (χ1) is 8.24. The van der Waals surface area contributed by atoms with Crippen LogP contribution in [-0.4, -0.2) is 25.8 Å². The summed E-state index contributed by atoms with van der Waals surface area (Å²) >= 11 is 5.75. The summed E-state index contributed by atoms with van der Waals surface area (Å²) in [5.41, 5.74) is 5.31. The quantitative estimate of drug-likeness (QED) is 0.661. The van der Waals surface area contributed by atoms with Gasteiger partial charge in [0.1, 0.15) is 6.54 Å². The van der Waals surface area contributed by atoms with Crippen LogP contribution in [0, 0.1) is 0 Å². The second-order valence-electron chi connectivity index (χ2n) is 3.39. The Morgan fingerprint density at radius 3 is 2.61 bits per heavy atom. The number of alkyl halides is 3. The molecule has 0 bridgehead atoms. The second kappa shape index (κ2) is 5.34. The number of nitrogen functional groups attached to an aromatic ring is 1. The topological polar surface area (TPSA) is 64.3 Å². The maximum Gasteiger partial charge on any atom is 0.405 e. The first kappa shape index (κ1) is 14.4. The number of anilines is 2. The van der Waals surface area contributed by atoms with E-state index in [0.29, 0.717) is 0 Å². The van der Waals surface area contributed by atoms with Crippen LogP contribution in [-0.2, 0) is 4.74 Å². The molecule has 0 fully saturated rings. The van der Waals surface area contributed by atoms with Gasteiger partial charge in [0.2, 0.25) is 0 Å². The molecular weight excluding hydrogens is 273 g/mol. The summed E-state index contributed by atoms with van der Waals surface area (Å²) in [5.74, 6) is -0.825. The van der Waals surface area contributed by atoms with Gasteiger partial charge in [-0.3, -0.25) is 0 Å². The van der Waals surface area contributed by atoms with Crippen molar-refractivity contribution in [3.05, 3.63) is 22.7 Å². The van der Waals surface area contributed by atoms with Gasteiger partial charge in [-0.2, -0.15) is 13.2 Å². The molecule has 8 heteroatoms. The van der Waals surface area contributed by atoms with Crippen molar-refractivity contribution in [2.45, 2.75) is 6.18 Å². The van der Waals surface area contributed by atoms with E-state index in [2.05, 4.69) is 10.1 Å². The maximum atomic E-state index is 12.1. The van der Waals surface area contributed by atoms with Gasteiger partial charge in [0, 0.05) is 5.69 Å². The van der Waals surface area contributed by atoms with Gasteiger partial charge in [-0.05, 0) is 12.1 Å². The van der Waals surface area contributed by atoms with Gasteiger partial charge in [-0.1, -0.05) is 11.6 Å². The number of carbonyl (C=O) groups excluding carboxylic acids is 1. The van der Waals surface area contributed by atoms with Crippen molar-refractivity contribution in [3.8, 4) is 0 Å². The van der Waals surface area contributed by atoms with Crippen molar-refractivity contribution in [1.82, 2.24) is 0 Å². The van der Waals surface area contributed by atoms with Crippen LogP contribution in [0.15, 0.2) is 12.1 Å². The monoisotopic (exact) mass is 282 g/mol. The number of esters is 1. The van der Waals surface area contributed by atoms with Crippen LogP contribution < -0.4 is 11.1 Å². The van der Waals surface area contributed by atoms with Crippen molar-refractivity contribution in [2.75, 3.05) is 24.7 Å². The van der Waals surface area contributed by atoms with Crippen LogP contribution in [0.1, 0.15) is 10.4 Å². The van der Waals surface area contributed by atoms with Crippen molar-refractivity contribution in [2.24, 2.45) is 0 Å². The molecule has 1 aromatic carbocycles. The fourth-order valence-corrected chi connectivity index (χ4v) is 1.56. The van der Waals surface area contributed by atoms with Crippen LogP contribution in [0.4, 0.5) is 24.5 Å². The van der Waals surface area contributed by atoms with Crippen molar-refractivity contribution < 1.29 is 22.7 Å². The summed E-state index contributed by atoms with van der Waals surface area (Å²) in [7, 11) is 1.10. The Morgan fingerprint density at radius 2 is 2.11 bits per heavy atom. The number of hydrogen-bond donors (Lipinski definition) is 2. The fraction of sp³-hybridized carbons (Fsp3) is 0.300. The standard InChI is InChI=1S/C10H10ClF3N2O2/c1-18-9(17)6-2-5(15)3-7(11)8(6)16-4-10(12,13)14/h2-3,16H,4,15H2,1H3. The molecule has 0 heterocycles. The lowest BCUT2D eigenvalue weighted by atomic mass is 10.1. The minimum absolute atomic E-state index is 0.0837. The smallest absolute Gasteiger partial charge is 0.405 e. The zero-order valence-corrected chi connectivity index (χ0v) is 10.0. The first-order valence-corrected chi connectivity index (χ1v) is 5.10. The number of carbonyl (C=O) groups is 1. The number of ether oxygens (including phenoxy) is 1. The molecule has 100 valence electrons. The average molecular weight is 283 g/mol. The van der Waals surface area contributed by atoms with E-state index >= 15 is 0 Å². The van der Waals surface area contributed by atoms with E-state index in [1.165, 1.54) is 12.1 Å². The first-order valence-electron chi connectivity index (χ1n) is 4.72. The van der Waals surface area contributed by atoms with E-state index in [-0.39, 0.29) is 22.0 Å². The van der Waals surface area contributed by atoms with E-state index in [4.69, 9.17) is 17.3 Å². The van der Waals surface area contributed by atoms with Crippen LogP contribution in [0.3, 0.4) is 0 Å². The Hall–Kier alpha value is -1.63. The minimum Gasteiger partial charge on any atom is -0.465 e. The van der Waals surface area contributed by atoms with Gasteiger partial charge in [-0.15, -0.1) is 0 Å². The van der Waals surface area contributed by atoms with Gasteiger partial charge in [0.05, 0.1) is 23.4 Å². The third kappa shape index (κ3) is 3.69. The van der Waals surface area contributed by atoms with Crippen molar-refractivity contribution >= 4 is 28.9 Å². The summed E-state index contributed by atoms with van der Waals surface area (Å²) in [4.78, 5) is 11.4. The number of methoxy groups -OCH3 is 1. The highest BCUT2D eigenvalue weighted by Gasteiger charge is 2.28. The molecule has 0 aliphatic rings. The Bertz CT molecular complexity index is 463. The zero-order valence-electron chi connectivity index (χ0n) is 9.27. The normalized spacial score (nSPS) is 11.2. The highest BCUT2D eigenvalue weighted by atomic mass is 35.5. The molecule has 0 aromatic heterocycles. The Kier molecular flexibility index (Phi) is 4.28. The molecule has 0 atom stereocenters. The third-order valence-corrected chi connectivity index (χ3v) is 2.28. The summed E-state index contributed by atoms with van der Waals surface area (Å²) < 4.78 is 40.8. The van der Waals surface area contributed by atoms with Crippen LogP contribution >= 0.6 is 11.6 Å². The van der Waals surface area contributed by atoms with Gasteiger partial charge >= 0.3 is 12.1 Å². The van der Waals surface area contributed by atoms with Gasteiger partial charge in [0.15, 0.2) is 0 Å². The molecule has 3 N–H and O–H groups in total. The van der Waals surface area contributed by atoms with Gasteiger partial charge in [-0.25, -0.2) is 4.79 Å². The summed E-state index contributed by atoms with van der Waals surface area (Å²) in [6.45, 7) is -1.32. The molecular formula is C10H10ClF3N2O2. The molecule has 18 heavy (non-hydrogen) atoms. The van der Waals surface area contributed by atoms with Crippen LogP contribution in [0.2, 0.25) is 5.02 Å².